The van der Waals surface area contributed by atoms with E-state index in [9.17, 15) is 22.8 Å². The van der Waals surface area contributed by atoms with E-state index in [0.29, 0.717) is 23.0 Å². The summed E-state index contributed by atoms with van der Waals surface area (Å²) in [5.74, 6) is 4.11. The lowest BCUT2D eigenvalue weighted by molar-refractivity contribution is -0.274. The highest BCUT2D eigenvalue weighted by Crippen LogP contribution is 2.54. The van der Waals surface area contributed by atoms with Gasteiger partial charge >= 0.3 is 6.36 Å². The van der Waals surface area contributed by atoms with Crippen molar-refractivity contribution >= 4 is 18.0 Å². The second kappa shape index (κ2) is 9.77. The Morgan fingerprint density at radius 1 is 1.29 bits per heavy atom. The predicted molar refractivity (Wildman–Crippen MR) is 120 cm³/mol. The lowest BCUT2D eigenvalue weighted by Gasteiger charge is -2.58. The molecule has 0 atom stereocenters. The fraction of sp³-hybridized carbons (Fsp3) is 0.435. The summed E-state index contributed by atoms with van der Waals surface area (Å²) in [5, 5.41) is 7.13. The molecule has 2 aromatic rings. The maximum Gasteiger partial charge on any atom is 0.573 e. The van der Waals surface area contributed by atoms with E-state index in [1.807, 2.05) is 0 Å². The van der Waals surface area contributed by atoms with Gasteiger partial charge in [-0.1, -0.05) is 5.92 Å². The van der Waals surface area contributed by atoms with Gasteiger partial charge in [-0.25, -0.2) is 4.68 Å². The molecule has 1 spiro atoms. The summed E-state index contributed by atoms with van der Waals surface area (Å²) in [7, 11) is 3.57. The number of anilines is 1. The summed E-state index contributed by atoms with van der Waals surface area (Å²) >= 11 is 0. The minimum Gasteiger partial charge on any atom is -0.406 e. The van der Waals surface area contributed by atoms with E-state index >= 15 is 0 Å². The van der Waals surface area contributed by atoms with Gasteiger partial charge in [-0.15, -0.1) is 13.2 Å². The average molecular weight is 477 g/mol. The number of hydrogen-bond donors (Lipinski definition) is 2. The van der Waals surface area contributed by atoms with Crippen LogP contribution in [0.4, 0.5) is 19.0 Å². The molecule has 1 saturated heterocycles. The molecular formula is C23H26F3N5O3. The van der Waals surface area contributed by atoms with Gasteiger partial charge in [-0.3, -0.25) is 9.59 Å². The molecule has 1 aliphatic carbocycles. The molecule has 1 aliphatic heterocycles. The first-order valence-corrected chi connectivity index (χ1v) is 10.5. The number of carbonyl (C=O) groups is 2. The molecule has 2 fully saturated rings. The van der Waals surface area contributed by atoms with Crippen molar-refractivity contribution in [3.05, 3.63) is 29.8 Å². The van der Waals surface area contributed by atoms with E-state index in [0.717, 1.165) is 25.9 Å². The van der Waals surface area contributed by atoms with Gasteiger partial charge in [-0.2, -0.15) is 5.10 Å². The molecule has 182 valence electrons. The molecule has 0 bridgehead atoms. The van der Waals surface area contributed by atoms with Crippen molar-refractivity contribution in [3.8, 4) is 28.8 Å². The van der Waals surface area contributed by atoms with Crippen LogP contribution >= 0.6 is 0 Å². The Morgan fingerprint density at radius 2 is 1.91 bits per heavy atom. The molecule has 1 saturated carbocycles. The van der Waals surface area contributed by atoms with E-state index < -0.39 is 12.3 Å². The zero-order chi connectivity index (χ0) is 25.1. The number of alkyl halides is 3. The molecule has 0 radical (unpaired) electrons. The fourth-order valence-corrected chi connectivity index (χ4v) is 4.62. The number of halogens is 3. The van der Waals surface area contributed by atoms with Crippen molar-refractivity contribution in [2.24, 2.45) is 5.41 Å². The minimum absolute atomic E-state index is 0.105. The van der Waals surface area contributed by atoms with E-state index in [1.165, 1.54) is 31.3 Å². The summed E-state index contributed by atoms with van der Waals surface area (Å²) in [4.78, 5) is 23.9. The minimum atomic E-state index is -4.77. The Labute approximate surface area is 195 Å². The summed E-state index contributed by atoms with van der Waals surface area (Å²) in [6.45, 7) is 3.70. The van der Waals surface area contributed by atoms with Crippen LogP contribution in [0.2, 0.25) is 0 Å². The van der Waals surface area contributed by atoms with Gasteiger partial charge in [0.05, 0.1) is 6.04 Å². The van der Waals surface area contributed by atoms with Gasteiger partial charge in [0.2, 0.25) is 0 Å². The number of nitrogens with one attached hydrogen (secondary N) is 1. The van der Waals surface area contributed by atoms with Gasteiger partial charge in [0.15, 0.2) is 6.29 Å². The number of amides is 1. The van der Waals surface area contributed by atoms with Crippen LogP contribution in [0.5, 0.6) is 5.75 Å². The number of nitrogens with two attached hydrogens (primary N) is 1. The Bertz CT molecular complexity index is 1100. The zero-order valence-corrected chi connectivity index (χ0v) is 19.1. The van der Waals surface area contributed by atoms with Crippen LogP contribution in [-0.4, -0.2) is 60.4 Å². The Hall–Kier alpha value is -3.52. The number of rotatable bonds is 4. The Morgan fingerprint density at radius 3 is 2.35 bits per heavy atom. The first-order valence-electron chi connectivity index (χ1n) is 10.5. The zero-order valence-electron chi connectivity index (χ0n) is 19.1. The number of aldehydes is 1. The fourth-order valence-electron chi connectivity index (χ4n) is 4.62. The molecule has 1 amide bonds. The highest BCUT2D eigenvalue weighted by atomic mass is 19.4. The maximum absolute atomic E-state index is 12.4. The Balaban J connectivity index is 0.000000588. The predicted octanol–water partition coefficient (Wildman–Crippen LogP) is 2.87. The lowest BCUT2D eigenvalue weighted by Crippen LogP contribution is -2.60. The Kier molecular flexibility index (Phi) is 7.21. The summed E-state index contributed by atoms with van der Waals surface area (Å²) < 4.78 is 42.7. The molecule has 1 aromatic carbocycles. The smallest absolute Gasteiger partial charge is 0.406 e. The largest absolute Gasteiger partial charge is 0.573 e. The van der Waals surface area contributed by atoms with Crippen LogP contribution in [0.1, 0.15) is 36.2 Å². The SMILES string of the molecule is CC#CC=O.CNC(=O)c1c(-c2ccc(OC(F)(F)F)cc2)nn(C2CC3(C2)CN(C)C3)c1N. The highest BCUT2D eigenvalue weighted by Gasteiger charge is 2.52. The van der Waals surface area contributed by atoms with Crippen LogP contribution in [0.3, 0.4) is 0 Å². The van der Waals surface area contributed by atoms with E-state index in [-0.39, 0.29) is 23.2 Å². The molecule has 34 heavy (non-hydrogen) atoms. The first-order chi connectivity index (χ1) is 16.0. The lowest BCUT2D eigenvalue weighted by atomic mass is 9.61. The number of aromatic nitrogens is 2. The standard InChI is InChI=1S/C19H22F3N5O2.C4H4O/c1-24-17(28)14-15(11-3-5-13(6-4-11)29-19(20,21)22)25-27(16(14)23)12-7-18(8-12)9-26(2)10-18;1-2-3-4-5/h3-6,12H,7-10,23H2,1-2H3,(H,24,28);4H,1H3. The molecule has 4 rings (SSSR count). The summed E-state index contributed by atoms with van der Waals surface area (Å²) in [6.07, 6.45) is -2.32. The molecule has 11 heteroatoms. The van der Waals surface area contributed by atoms with E-state index in [1.54, 1.807) is 11.6 Å². The quantitative estimate of drug-likeness (QED) is 0.519. The third-order valence-electron chi connectivity index (χ3n) is 5.86. The summed E-state index contributed by atoms with van der Waals surface area (Å²) in [5.41, 5.74) is 7.63. The topological polar surface area (TPSA) is 102 Å². The number of hydrogen-bond acceptors (Lipinski definition) is 6. The van der Waals surface area contributed by atoms with Gasteiger partial charge < -0.3 is 20.7 Å². The number of ether oxygens (including phenoxy) is 1. The molecular weight excluding hydrogens is 451 g/mol. The van der Waals surface area contributed by atoms with Gasteiger partial charge in [0.1, 0.15) is 22.8 Å². The third kappa shape index (κ3) is 5.34. The van der Waals surface area contributed by atoms with E-state index in [2.05, 4.69) is 38.9 Å². The second-order valence-corrected chi connectivity index (χ2v) is 8.45. The van der Waals surface area contributed by atoms with Crippen molar-refractivity contribution in [1.82, 2.24) is 20.0 Å². The molecule has 2 aliphatic rings. The van der Waals surface area contributed by atoms with Gasteiger partial charge in [-0.05, 0) is 62.4 Å². The number of likely N-dealkylation sites (tertiary alicyclic amines) is 1. The number of benzene rings is 1. The third-order valence-corrected chi connectivity index (χ3v) is 5.86. The van der Waals surface area contributed by atoms with Crippen molar-refractivity contribution < 1.29 is 27.5 Å². The molecule has 8 nitrogen and oxygen atoms in total. The molecule has 3 N–H and O–H groups in total. The first kappa shape index (κ1) is 25.1. The maximum atomic E-state index is 12.4. The van der Waals surface area contributed by atoms with Crippen LogP contribution in [-0.2, 0) is 4.79 Å². The van der Waals surface area contributed by atoms with Crippen molar-refractivity contribution in [2.45, 2.75) is 32.2 Å². The normalized spacial score (nSPS) is 16.8. The highest BCUT2D eigenvalue weighted by molar-refractivity contribution is 6.04. The monoisotopic (exact) mass is 477 g/mol. The van der Waals surface area contributed by atoms with E-state index in [4.69, 9.17) is 5.73 Å². The second-order valence-electron chi connectivity index (χ2n) is 8.45. The molecule has 0 unspecified atom stereocenters. The number of carbonyl (C=O) groups excluding carboxylic acids is 2. The number of nitrogen functional groups attached to an aromatic ring is 1. The van der Waals surface area contributed by atoms with Crippen molar-refractivity contribution in [1.29, 1.82) is 0 Å². The van der Waals surface area contributed by atoms with Gasteiger partial charge in [0, 0.05) is 25.7 Å². The van der Waals surface area contributed by atoms with Crippen LogP contribution in [0.15, 0.2) is 24.3 Å². The van der Waals surface area contributed by atoms with Crippen LogP contribution in [0, 0.1) is 17.3 Å². The van der Waals surface area contributed by atoms with Gasteiger partial charge in [0.25, 0.3) is 5.91 Å². The average Bonchev–Trinajstić information content (AvgIpc) is 3.06. The summed E-state index contributed by atoms with van der Waals surface area (Å²) in [6, 6.07) is 5.35. The van der Waals surface area contributed by atoms with Crippen molar-refractivity contribution in [2.75, 3.05) is 32.9 Å². The molecule has 1 aromatic heterocycles. The van der Waals surface area contributed by atoms with Crippen LogP contribution < -0.4 is 15.8 Å². The van der Waals surface area contributed by atoms with Crippen molar-refractivity contribution in [3.63, 3.8) is 0 Å². The van der Waals surface area contributed by atoms with Crippen LogP contribution in [0.25, 0.3) is 11.3 Å². The number of nitrogens with zero attached hydrogens (tertiary/aromatic N) is 3. The molecule has 2 heterocycles.